The van der Waals surface area contributed by atoms with Gasteiger partial charge in [-0.15, -0.1) is 0 Å². The molecule has 2 fully saturated rings. The molecule has 2 saturated heterocycles. The van der Waals surface area contributed by atoms with E-state index in [-0.39, 0.29) is 0 Å². The molecule has 2 aliphatic rings. The Morgan fingerprint density at radius 3 is 2.83 bits per heavy atom. The maximum Gasteiger partial charge on any atom is 0.0221 e. The molecule has 0 aliphatic carbocycles. The molecule has 0 bridgehead atoms. The normalized spacial score (nSPS) is 38.8. The molecule has 2 rings (SSSR count). The molecule has 0 aromatic carbocycles. The van der Waals surface area contributed by atoms with Crippen LogP contribution in [0.2, 0.25) is 0 Å². The summed E-state index contributed by atoms with van der Waals surface area (Å²) >= 11 is 0. The zero-order chi connectivity index (χ0) is 8.39. The van der Waals surface area contributed by atoms with E-state index in [1.165, 1.54) is 45.4 Å². The summed E-state index contributed by atoms with van der Waals surface area (Å²) in [7, 11) is 0. The summed E-state index contributed by atoms with van der Waals surface area (Å²) in [5.74, 6) is 0.937. The number of nitrogens with one attached hydrogen (secondary N) is 1. The monoisotopic (exact) mass is 168 g/mol. The molecule has 2 heterocycles. The lowest BCUT2D eigenvalue weighted by molar-refractivity contribution is 0.197. The van der Waals surface area contributed by atoms with E-state index in [0.29, 0.717) is 0 Å². The van der Waals surface area contributed by atoms with E-state index in [1.807, 2.05) is 0 Å². The van der Waals surface area contributed by atoms with Crippen molar-refractivity contribution in [1.82, 2.24) is 10.2 Å². The van der Waals surface area contributed by atoms with Gasteiger partial charge in [-0.1, -0.05) is 6.92 Å². The molecule has 2 heteroatoms. The molecule has 2 nitrogen and oxygen atoms in total. The summed E-state index contributed by atoms with van der Waals surface area (Å²) in [5, 5.41) is 3.48. The summed E-state index contributed by atoms with van der Waals surface area (Å²) in [5.41, 5.74) is 0. The Morgan fingerprint density at radius 2 is 2.25 bits per heavy atom. The fourth-order valence-corrected chi connectivity index (χ4v) is 2.45. The number of hydrogen-bond donors (Lipinski definition) is 1. The van der Waals surface area contributed by atoms with E-state index in [4.69, 9.17) is 0 Å². The van der Waals surface area contributed by atoms with Crippen LogP contribution in [-0.4, -0.2) is 37.1 Å². The minimum Gasteiger partial charge on any atom is -0.315 e. The first-order valence-electron chi connectivity index (χ1n) is 5.31. The van der Waals surface area contributed by atoms with Crippen molar-refractivity contribution in [2.24, 2.45) is 5.92 Å². The highest BCUT2D eigenvalue weighted by molar-refractivity contribution is 4.83. The Labute approximate surface area is 75.3 Å². The molecule has 1 N–H and O–H groups in total. The van der Waals surface area contributed by atoms with Crippen LogP contribution in [0.4, 0.5) is 0 Å². The van der Waals surface area contributed by atoms with Crippen LogP contribution in [0, 0.1) is 5.92 Å². The van der Waals surface area contributed by atoms with E-state index in [0.717, 1.165) is 12.0 Å². The van der Waals surface area contributed by atoms with Crippen LogP contribution >= 0.6 is 0 Å². The molecule has 70 valence electrons. The van der Waals surface area contributed by atoms with Crippen molar-refractivity contribution in [3.8, 4) is 0 Å². The molecule has 2 aliphatic heterocycles. The molecule has 0 radical (unpaired) electrons. The van der Waals surface area contributed by atoms with Crippen molar-refractivity contribution in [3.63, 3.8) is 0 Å². The van der Waals surface area contributed by atoms with Gasteiger partial charge in [-0.25, -0.2) is 0 Å². The number of piperidine rings is 1. The lowest BCUT2D eigenvalue weighted by Gasteiger charge is -2.31. The molecule has 12 heavy (non-hydrogen) atoms. The summed E-state index contributed by atoms with van der Waals surface area (Å²) in [6.45, 7) is 7.52. The third kappa shape index (κ3) is 1.80. The predicted molar refractivity (Wildman–Crippen MR) is 51.2 cm³/mol. The van der Waals surface area contributed by atoms with Gasteiger partial charge in [0.1, 0.15) is 0 Å². The van der Waals surface area contributed by atoms with E-state index in [9.17, 15) is 0 Å². The van der Waals surface area contributed by atoms with Crippen molar-refractivity contribution >= 4 is 0 Å². The van der Waals surface area contributed by atoms with Gasteiger partial charge in [-0.3, -0.25) is 4.90 Å². The number of likely N-dealkylation sites (tertiary alicyclic amines) is 1. The zero-order valence-electron chi connectivity index (χ0n) is 8.05. The zero-order valence-corrected chi connectivity index (χ0v) is 8.05. The van der Waals surface area contributed by atoms with Gasteiger partial charge in [-0.05, 0) is 38.3 Å². The highest BCUT2D eigenvalue weighted by Crippen LogP contribution is 2.20. The predicted octanol–water partition coefficient (Wildman–Crippen LogP) is 1.08. The van der Waals surface area contributed by atoms with Gasteiger partial charge in [0.15, 0.2) is 0 Å². The number of hydrogen-bond acceptors (Lipinski definition) is 2. The maximum atomic E-state index is 3.48. The Morgan fingerprint density at radius 1 is 1.33 bits per heavy atom. The molecule has 0 aromatic rings. The quantitative estimate of drug-likeness (QED) is 0.630. The summed E-state index contributed by atoms with van der Waals surface area (Å²) in [6.07, 6.45) is 4.20. The first-order chi connectivity index (χ1) is 5.86. The average molecular weight is 168 g/mol. The summed E-state index contributed by atoms with van der Waals surface area (Å²) in [6, 6.07) is 0.851. The second-order valence-electron chi connectivity index (χ2n) is 4.39. The molecule has 0 amide bonds. The largest absolute Gasteiger partial charge is 0.315 e. The minimum atomic E-state index is 0.851. The molecule has 2 atom stereocenters. The topological polar surface area (TPSA) is 15.3 Å². The van der Waals surface area contributed by atoms with Gasteiger partial charge < -0.3 is 5.32 Å². The van der Waals surface area contributed by atoms with Crippen LogP contribution in [0.25, 0.3) is 0 Å². The standard InChI is InChI=1S/C10H20N2/c1-9-4-6-12(8-9)10-3-2-5-11-7-10/h9-11H,2-8H2,1H3. The van der Waals surface area contributed by atoms with Gasteiger partial charge in [-0.2, -0.15) is 0 Å². The van der Waals surface area contributed by atoms with E-state index in [2.05, 4.69) is 17.1 Å². The van der Waals surface area contributed by atoms with Gasteiger partial charge in [0.25, 0.3) is 0 Å². The van der Waals surface area contributed by atoms with Gasteiger partial charge in [0.05, 0.1) is 0 Å². The molecule has 0 spiro atoms. The molecule has 2 unspecified atom stereocenters. The lowest BCUT2D eigenvalue weighted by atomic mass is 10.1. The number of nitrogens with zero attached hydrogens (tertiary/aromatic N) is 1. The fourth-order valence-electron chi connectivity index (χ4n) is 2.45. The second kappa shape index (κ2) is 3.75. The Hall–Kier alpha value is -0.0800. The fraction of sp³-hybridized carbons (Fsp3) is 1.00. The average Bonchev–Trinajstić information content (AvgIpc) is 2.54. The minimum absolute atomic E-state index is 0.851. The first-order valence-corrected chi connectivity index (χ1v) is 5.31. The number of rotatable bonds is 1. The first kappa shape index (κ1) is 8.52. The Kier molecular flexibility index (Phi) is 2.66. The van der Waals surface area contributed by atoms with Crippen molar-refractivity contribution in [3.05, 3.63) is 0 Å². The van der Waals surface area contributed by atoms with Gasteiger partial charge >= 0.3 is 0 Å². The lowest BCUT2D eigenvalue weighted by Crippen LogP contribution is -2.44. The van der Waals surface area contributed by atoms with Gasteiger partial charge in [0, 0.05) is 19.1 Å². The van der Waals surface area contributed by atoms with Gasteiger partial charge in [0.2, 0.25) is 0 Å². The highest BCUT2D eigenvalue weighted by atomic mass is 15.2. The van der Waals surface area contributed by atoms with Crippen LogP contribution in [0.3, 0.4) is 0 Å². The molecule has 0 saturated carbocycles. The third-order valence-corrected chi connectivity index (χ3v) is 3.24. The van der Waals surface area contributed by atoms with Crippen molar-refractivity contribution < 1.29 is 0 Å². The Bertz CT molecular complexity index is 138. The molecule has 0 aromatic heterocycles. The van der Waals surface area contributed by atoms with E-state index < -0.39 is 0 Å². The molecular formula is C10H20N2. The van der Waals surface area contributed by atoms with Crippen LogP contribution in [-0.2, 0) is 0 Å². The van der Waals surface area contributed by atoms with Crippen molar-refractivity contribution in [2.75, 3.05) is 26.2 Å². The Balaban J connectivity index is 1.83. The van der Waals surface area contributed by atoms with Crippen molar-refractivity contribution in [1.29, 1.82) is 0 Å². The van der Waals surface area contributed by atoms with Crippen molar-refractivity contribution in [2.45, 2.75) is 32.2 Å². The smallest absolute Gasteiger partial charge is 0.0221 e. The van der Waals surface area contributed by atoms with Crippen LogP contribution < -0.4 is 5.32 Å². The highest BCUT2D eigenvalue weighted by Gasteiger charge is 2.26. The van der Waals surface area contributed by atoms with E-state index in [1.54, 1.807) is 0 Å². The van der Waals surface area contributed by atoms with Crippen LogP contribution in [0.15, 0.2) is 0 Å². The summed E-state index contributed by atoms with van der Waals surface area (Å²) in [4.78, 5) is 2.68. The van der Waals surface area contributed by atoms with E-state index >= 15 is 0 Å². The SMILES string of the molecule is CC1CCN(C2CCCNC2)C1. The third-order valence-electron chi connectivity index (χ3n) is 3.24. The van der Waals surface area contributed by atoms with Crippen LogP contribution in [0.1, 0.15) is 26.2 Å². The second-order valence-corrected chi connectivity index (χ2v) is 4.39. The molecular weight excluding hydrogens is 148 g/mol. The summed E-state index contributed by atoms with van der Waals surface area (Å²) < 4.78 is 0. The van der Waals surface area contributed by atoms with Crippen LogP contribution in [0.5, 0.6) is 0 Å². The maximum absolute atomic E-state index is 3.48.